The van der Waals surface area contributed by atoms with Gasteiger partial charge < -0.3 is 5.32 Å². The molecule has 0 aliphatic carbocycles. The van der Waals surface area contributed by atoms with E-state index in [0.717, 1.165) is 29.3 Å². The highest BCUT2D eigenvalue weighted by atomic mass is 32.2. The Morgan fingerprint density at radius 3 is 2.61 bits per heavy atom. The van der Waals surface area contributed by atoms with Gasteiger partial charge in [-0.05, 0) is 55.7 Å². The summed E-state index contributed by atoms with van der Waals surface area (Å²) in [5, 5.41) is 14.4. The average molecular weight is 465 g/mol. The van der Waals surface area contributed by atoms with E-state index in [0.29, 0.717) is 34.1 Å². The van der Waals surface area contributed by atoms with Crippen molar-refractivity contribution in [3.05, 3.63) is 63.9 Å². The summed E-state index contributed by atoms with van der Waals surface area (Å²) in [5.41, 5.74) is 3.32. The lowest BCUT2D eigenvalue weighted by Crippen LogP contribution is -2.35. The third-order valence-corrected chi connectivity index (χ3v) is 6.20. The van der Waals surface area contributed by atoms with E-state index in [-0.39, 0.29) is 11.3 Å². The van der Waals surface area contributed by atoms with Crippen LogP contribution < -0.4 is 16.2 Å². The number of benzene rings is 2. The van der Waals surface area contributed by atoms with E-state index in [1.165, 1.54) is 0 Å². The lowest BCUT2D eigenvalue weighted by molar-refractivity contribution is -0.117. The molecule has 4 aromatic rings. The van der Waals surface area contributed by atoms with Gasteiger partial charge in [0.05, 0.1) is 16.7 Å². The van der Waals surface area contributed by atoms with E-state index in [1.807, 2.05) is 51.1 Å². The molecule has 0 unspecified atom stereocenters. The van der Waals surface area contributed by atoms with Crippen LogP contribution >= 0.6 is 11.8 Å². The van der Waals surface area contributed by atoms with Crippen LogP contribution in [0.2, 0.25) is 0 Å². The lowest BCUT2D eigenvalue weighted by Gasteiger charge is -2.10. The Balaban J connectivity index is 1.51. The van der Waals surface area contributed by atoms with Crippen molar-refractivity contribution in [2.75, 3.05) is 11.1 Å². The maximum absolute atomic E-state index is 12.9. The summed E-state index contributed by atoms with van der Waals surface area (Å²) in [6, 6.07) is 12.2. The average Bonchev–Trinajstić information content (AvgIpc) is 3.21. The summed E-state index contributed by atoms with van der Waals surface area (Å²) < 4.78 is 3.37. The number of aryl methyl sites for hydroxylation is 3. The topological polar surface area (TPSA) is 110 Å². The van der Waals surface area contributed by atoms with Gasteiger partial charge in [0.15, 0.2) is 5.16 Å². The van der Waals surface area contributed by atoms with Crippen molar-refractivity contribution < 1.29 is 9.59 Å². The van der Waals surface area contributed by atoms with Gasteiger partial charge >= 0.3 is 6.03 Å². The van der Waals surface area contributed by atoms with E-state index in [1.54, 1.807) is 21.1 Å². The molecule has 2 N–H and O–H groups in total. The molecule has 33 heavy (non-hydrogen) atoms. The smallest absolute Gasteiger partial charge is 0.308 e. The van der Waals surface area contributed by atoms with Gasteiger partial charge in [-0.3, -0.25) is 23.9 Å². The van der Waals surface area contributed by atoms with E-state index in [4.69, 9.17) is 0 Å². The van der Waals surface area contributed by atoms with Gasteiger partial charge in [-0.15, -0.1) is 10.2 Å². The summed E-state index contributed by atoms with van der Waals surface area (Å²) >= 11 is 1.15. The van der Waals surface area contributed by atoms with Gasteiger partial charge in [0.25, 0.3) is 5.56 Å². The van der Waals surface area contributed by atoms with E-state index >= 15 is 0 Å². The molecule has 2 aromatic heterocycles. The second-order valence-corrected chi connectivity index (χ2v) is 8.62. The molecule has 0 saturated heterocycles. The normalized spacial score (nSPS) is 11.1. The highest BCUT2D eigenvalue weighted by Gasteiger charge is 2.18. The Labute approximate surface area is 194 Å². The predicted octanol–water partition coefficient (Wildman–Crippen LogP) is 3.51. The number of aromatic nitrogens is 4. The zero-order valence-electron chi connectivity index (χ0n) is 18.6. The Kier molecular flexibility index (Phi) is 6.45. The van der Waals surface area contributed by atoms with Crippen LogP contribution in [0.15, 0.2) is 52.4 Å². The maximum atomic E-state index is 12.9. The summed E-state index contributed by atoms with van der Waals surface area (Å²) in [6.45, 7) is 6.43. The summed E-state index contributed by atoms with van der Waals surface area (Å²) in [6.07, 6.45) is 0.765. The highest BCUT2D eigenvalue weighted by Crippen LogP contribution is 2.21. The summed E-state index contributed by atoms with van der Waals surface area (Å²) in [7, 11) is 0. The van der Waals surface area contributed by atoms with Crippen LogP contribution in [0.25, 0.3) is 16.7 Å². The number of amides is 3. The number of fused-ring (bicyclic) bond motifs is 3. The van der Waals surface area contributed by atoms with Crippen molar-refractivity contribution in [1.82, 2.24) is 24.5 Å². The maximum Gasteiger partial charge on any atom is 0.325 e. The number of urea groups is 1. The largest absolute Gasteiger partial charge is 0.325 e. The SMILES string of the molecule is CCCn1c(=O)c2ccccc2n2c(SCC(=O)NC(=O)Nc3ccc(C)c(C)c3)nnc12. The molecule has 3 amide bonds. The molecule has 0 radical (unpaired) electrons. The Morgan fingerprint density at radius 1 is 1.06 bits per heavy atom. The molecule has 0 bridgehead atoms. The zero-order chi connectivity index (χ0) is 23.5. The van der Waals surface area contributed by atoms with E-state index < -0.39 is 11.9 Å². The number of nitrogens with zero attached hydrogens (tertiary/aromatic N) is 4. The van der Waals surface area contributed by atoms with Crippen molar-refractivity contribution in [2.24, 2.45) is 0 Å². The van der Waals surface area contributed by atoms with Crippen molar-refractivity contribution in [2.45, 2.75) is 38.9 Å². The first-order valence-corrected chi connectivity index (χ1v) is 11.5. The number of carbonyl (C=O) groups excluding carboxylic acids is 2. The number of hydrogen-bond acceptors (Lipinski definition) is 6. The van der Waals surface area contributed by atoms with Crippen LogP contribution in [0.5, 0.6) is 0 Å². The minimum absolute atomic E-state index is 0.0393. The quantitative estimate of drug-likeness (QED) is 0.423. The zero-order valence-corrected chi connectivity index (χ0v) is 19.4. The fourth-order valence-electron chi connectivity index (χ4n) is 3.53. The van der Waals surface area contributed by atoms with Crippen LogP contribution in [0, 0.1) is 13.8 Å². The third-order valence-electron chi connectivity index (χ3n) is 5.28. The Hall–Kier alpha value is -3.66. The molecule has 0 fully saturated rings. The molecular formula is C23H24N6O3S. The van der Waals surface area contributed by atoms with Gasteiger partial charge in [-0.2, -0.15) is 0 Å². The molecule has 0 aliphatic heterocycles. The fourth-order valence-corrected chi connectivity index (χ4v) is 4.27. The molecule has 0 saturated carbocycles. The second kappa shape index (κ2) is 9.45. The number of imide groups is 1. The van der Waals surface area contributed by atoms with E-state index in [9.17, 15) is 14.4 Å². The standard InChI is InChI=1S/C23H24N6O3S/c1-4-11-28-20(31)17-7-5-6-8-18(17)29-22(28)26-27-23(29)33-13-19(30)25-21(32)24-16-10-9-14(2)15(3)12-16/h5-10,12H,4,11,13H2,1-3H3,(H2,24,25,30,32). The van der Waals surface area contributed by atoms with Crippen molar-refractivity contribution in [3.8, 4) is 0 Å². The summed E-state index contributed by atoms with van der Waals surface area (Å²) in [5.74, 6) is -0.0808. The van der Waals surface area contributed by atoms with Crippen LogP contribution in [0.3, 0.4) is 0 Å². The number of anilines is 1. The second-order valence-electron chi connectivity index (χ2n) is 7.68. The summed E-state index contributed by atoms with van der Waals surface area (Å²) in [4.78, 5) is 37.5. The van der Waals surface area contributed by atoms with Crippen LogP contribution in [0.4, 0.5) is 10.5 Å². The number of nitrogens with one attached hydrogen (secondary N) is 2. The molecule has 4 rings (SSSR count). The minimum Gasteiger partial charge on any atom is -0.308 e. The Bertz CT molecular complexity index is 1430. The molecule has 10 heteroatoms. The molecule has 9 nitrogen and oxygen atoms in total. The van der Waals surface area contributed by atoms with Crippen LogP contribution in [0.1, 0.15) is 24.5 Å². The van der Waals surface area contributed by atoms with Gasteiger partial charge in [0.2, 0.25) is 11.7 Å². The first-order chi connectivity index (χ1) is 15.9. The lowest BCUT2D eigenvalue weighted by atomic mass is 10.1. The fraction of sp³-hybridized carbons (Fsp3) is 0.261. The Morgan fingerprint density at radius 2 is 1.85 bits per heavy atom. The highest BCUT2D eigenvalue weighted by molar-refractivity contribution is 7.99. The van der Waals surface area contributed by atoms with Gasteiger partial charge in [0.1, 0.15) is 0 Å². The molecule has 2 heterocycles. The van der Waals surface area contributed by atoms with Crippen molar-refractivity contribution in [3.63, 3.8) is 0 Å². The minimum atomic E-state index is -0.600. The molecule has 0 aliphatic rings. The monoisotopic (exact) mass is 464 g/mol. The van der Waals surface area contributed by atoms with Crippen molar-refractivity contribution >= 4 is 46.1 Å². The predicted molar refractivity (Wildman–Crippen MR) is 129 cm³/mol. The van der Waals surface area contributed by atoms with Crippen LogP contribution in [-0.2, 0) is 11.3 Å². The van der Waals surface area contributed by atoms with Gasteiger partial charge in [0, 0.05) is 12.2 Å². The molecule has 170 valence electrons. The number of carbonyl (C=O) groups is 2. The molecule has 2 aromatic carbocycles. The van der Waals surface area contributed by atoms with E-state index in [2.05, 4.69) is 20.8 Å². The molecule has 0 atom stereocenters. The van der Waals surface area contributed by atoms with Crippen LogP contribution in [-0.4, -0.2) is 36.9 Å². The number of rotatable bonds is 6. The van der Waals surface area contributed by atoms with Crippen molar-refractivity contribution in [1.29, 1.82) is 0 Å². The first-order valence-electron chi connectivity index (χ1n) is 10.6. The number of thioether (sulfide) groups is 1. The first kappa shape index (κ1) is 22.5. The molecule has 0 spiro atoms. The number of para-hydroxylation sites is 1. The molecular weight excluding hydrogens is 440 g/mol. The van der Waals surface area contributed by atoms with Gasteiger partial charge in [-0.1, -0.05) is 36.9 Å². The number of hydrogen-bond donors (Lipinski definition) is 2. The third kappa shape index (κ3) is 4.61. The van der Waals surface area contributed by atoms with Gasteiger partial charge in [-0.25, -0.2) is 4.79 Å².